The predicted octanol–water partition coefficient (Wildman–Crippen LogP) is -1.71. The summed E-state index contributed by atoms with van der Waals surface area (Å²) in [6.45, 7) is 0. The van der Waals surface area contributed by atoms with Crippen LogP contribution in [0, 0.1) is 0 Å². The lowest BCUT2D eigenvalue weighted by Crippen LogP contribution is -2.24. The Morgan fingerprint density at radius 1 is 0.913 bits per heavy atom. The van der Waals surface area contributed by atoms with Gasteiger partial charge in [-0.25, -0.2) is 8.42 Å². The zero-order valence-electron chi connectivity index (χ0n) is 11.3. The Hall–Kier alpha value is -3.07. The van der Waals surface area contributed by atoms with Crippen LogP contribution in [-0.4, -0.2) is 20.4 Å². The molecule has 0 aliphatic rings. The fraction of sp³-hybridized carbons (Fsp3) is 0. The summed E-state index contributed by atoms with van der Waals surface area (Å²) < 4.78 is 26.3. The van der Waals surface area contributed by atoms with E-state index in [-0.39, 0.29) is 16.1 Å². The van der Waals surface area contributed by atoms with E-state index in [0.717, 1.165) is 42.5 Å². The Balaban J connectivity index is 2.29. The van der Waals surface area contributed by atoms with Gasteiger partial charge in [-0.05, 0) is 35.4 Å². The van der Waals surface area contributed by atoms with Crippen molar-refractivity contribution in [2.45, 2.75) is 4.90 Å². The minimum absolute atomic E-state index is 0.135. The van der Waals surface area contributed by atoms with Crippen LogP contribution in [0.3, 0.4) is 0 Å². The number of carboxylic acid groups (broad SMARTS) is 2. The van der Waals surface area contributed by atoms with E-state index in [2.05, 4.69) is 4.72 Å². The fourth-order valence-corrected chi connectivity index (χ4v) is 2.79. The van der Waals surface area contributed by atoms with Crippen LogP contribution in [0.2, 0.25) is 0 Å². The molecule has 0 unspecified atom stereocenters. The van der Waals surface area contributed by atoms with Crippen LogP contribution >= 0.6 is 0 Å². The molecule has 1 N–H and O–H groups in total. The van der Waals surface area contributed by atoms with Crippen molar-refractivity contribution in [3.63, 3.8) is 0 Å². The molecule has 0 aliphatic carbocycles. The third-order valence-electron chi connectivity index (χ3n) is 2.85. The molecule has 0 aromatic heterocycles. The molecule has 0 amide bonds. The van der Waals surface area contributed by atoms with Gasteiger partial charge in [0.2, 0.25) is 0 Å². The molecule has 0 saturated heterocycles. The van der Waals surface area contributed by atoms with E-state index >= 15 is 0 Å². The number of sulfonamides is 1. The first-order chi connectivity index (χ1) is 10.7. The lowest BCUT2D eigenvalue weighted by atomic mass is 10.2. The first kappa shape index (κ1) is 16.3. The summed E-state index contributed by atoms with van der Waals surface area (Å²) in [5.41, 5.74) is -0.917. The normalized spacial score (nSPS) is 11.0. The number of carbonyl (C=O) groups excluding carboxylic acids is 2. The van der Waals surface area contributed by atoms with Gasteiger partial charge in [0.25, 0.3) is 10.0 Å². The van der Waals surface area contributed by atoms with Gasteiger partial charge in [-0.2, -0.15) is 0 Å². The van der Waals surface area contributed by atoms with Crippen molar-refractivity contribution < 1.29 is 33.3 Å². The number of aromatic carboxylic acids is 2. The highest BCUT2D eigenvalue weighted by Crippen LogP contribution is 2.22. The molecule has 2 rings (SSSR count). The van der Waals surface area contributed by atoms with E-state index in [1.807, 2.05) is 0 Å². The van der Waals surface area contributed by atoms with Gasteiger partial charge in [0.1, 0.15) is 0 Å². The molecular weight excluding hydrogens is 326 g/mol. The maximum Gasteiger partial charge on any atom is 0.261 e. The summed E-state index contributed by atoms with van der Waals surface area (Å²) in [5.74, 6) is -4.02. The van der Waals surface area contributed by atoms with Crippen molar-refractivity contribution in [1.82, 2.24) is 0 Å². The van der Waals surface area contributed by atoms with Gasteiger partial charge in [0, 0.05) is 5.69 Å². The molecule has 0 aliphatic heterocycles. The summed E-state index contributed by atoms with van der Waals surface area (Å²) in [6.07, 6.45) is 0. The van der Waals surface area contributed by atoms with Gasteiger partial charge in [-0.15, -0.1) is 0 Å². The van der Waals surface area contributed by atoms with Crippen LogP contribution in [0.25, 0.3) is 0 Å². The van der Waals surface area contributed by atoms with E-state index in [1.165, 1.54) is 0 Å². The molecule has 23 heavy (non-hydrogen) atoms. The third-order valence-corrected chi connectivity index (χ3v) is 4.25. The zero-order valence-corrected chi connectivity index (χ0v) is 12.1. The molecule has 9 heteroatoms. The van der Waals surface area contributed by atoms with Crippen LogP contribution < -0.4 is 20.0 Å². The molecular formula is C14H8NO7S-3. The Morgan fingerprint density at radius 3 is 2.00 bits per heavy atom. The molecule has 0 bridgehead atoms. The van der Waals surface area contributed by atoms with Crippen LogP contribution in [0.5, 0.6) is 5.75 Å². The summed E-state index contributed by atoms with van der Waals surface area (Å²) >= 11 is 0. The molecule has 0 atom stereocenters. The van der Waals surface area contributed by atoms with Crippen LogP contribution in [0.1, 0.15) is 20.7 Å². The second-order valence-electron chi connectivity index (χ2n) is 4.42. The topological polar surface area (TPSA) is 149 Å². The number of anilines is 1. The van der Waals surface area contributed by atoms with E-state index in [9.17, 15) is 33.3 Å². The molecule has 2 aromatic carbocycles. The number of carboxylic acids is 2. The van der Waals surface area contributed by atoms with Crippen molar-refractivity contribution in [2.24, 2.45) is 0 Å². The van der Waals surface area contributed by atoms with Crippen molar-refractivity contribution >= 4 is 27.6 Å². The number of nitrogens with one attached hydrogen (secondary N) is 1. The molecule has 8 nitrogen and oxygen atoms in total. The fourth-order valence-electron chi connectivity index (χ4n) is 1.74. The Kier molecular flexibility index (Phi) is 4.23. The molecule has 0 radical (unpaired) electrons. The number of benzene rings is 2. The second kappa shape index (κ2) is 5.97. The van der Waals surface area contributed by atoms with Gasteiger partial charge < -0.3 is 24.9 Å². The number of rotatable bonds is 5. The van der Waals surface area contributed by atoms with Crippen molar-refractivity contribution in [3.8, 4) is 5.75 Å². The van der Waals surface area contributed by atoms with E-state index in [4.69, 9.17) is 0 Å². The summed E-state index contributed by atoms with van der Waals surface area (Å²) in [5, 5.41) is 32.7. The highest BCUT2D eigenvalue weighted by molar-refractivity contribution is 7.92. The molecule has 120 valence electrons. The lowest BCUT2D eigenvalue weighted by Gasteiger charge is -2.16. The number of carbonyl (C=O) groups is 2. The summed E-state index contributed by atoms with van der Waals surface area (Å²) in [7, 11) is -4.07. The summed E-state index contributed by atoms with van der Waals surface area (Å²) in [6, 6.07) is 7.05. The standard InChI is InChI=1S/C14H11NO7S/c16-12-7-9(3-6-11(12)14(19)20)15-23(21,22)10-4-1-8(2-5-10)13(17)18/h1-7,15-16H,(H,17,18)(H,19,20)/p-3. The quantitative estimate of drug-likeness (QED) is 0.683. The number of hydrogen-bond acceptors (Lipinski definition) is 7. The van der Waals surface area contributed by atoms with Gasteiger partial charge >= 0.3 is 0 Å². The van der Waals surface area contributed by atoms with Gasteiger partial charge in [-0.3, -0.25) is 4.72 Å². The Bertz CT molecular complexity index is 872. The average molecular weight is 334 g/mol. The highest BCUT2D eigenvalue weighted by atomic mass is 32.2. The first-order valence-corrected chi connectivity index (χ1v) is 7.55. The molecule has 0 spiro atoms. The predicted molar refractivity (Wildman–Crippen MR) is 71.8 cm³/mol. The van der Waals surface area contributed by atoms with Crippen LogP contribution in [0.15, 0.2) is 47.4 Å². The monoisotopic (exact) mass is 334 g/mol. The maximum absolute atomic E-state index is 12.1. The molecule has 0 fully saturated rings. The van der Waals surface area contributed by atoms with Gasteiger partial charge in [0.15, 0.2) is 0 Å². The van der Waals surface area contributed by atoms with E-state index in [0.29, 0.717) is 0 Å². The Morgan fingerprint density at radius 2 is 1.52 bits per heavy atom. The minimum Gasteiger partial charge on any atom is -0.872 e. The van der Waals surface area contributed by atoms with Gasteiger partial charge in [0.05, 0.1) is 16.8 Å². The number of hydrogen-bond donors (Lipinski definition) is 1. The third kappa shape index (κ3) is 3.58. The van der Waals surface area contributed by atoms with Crippen molar-refractivity contribution in [2.75, 3.05) is 4.72 Å². The highest BCUT2D eigenvalue weighted by Gasteiger charge is 2.14. The Labute approximate surface area is 130 Å². The molecule has 0 heterocycles. The van der Waals surface area contributed by atoms with Crippen molar-refractivity contribution in [1.29, 1.82) is 0 Å². The van der Waals surface area contributed by atoms with Crippen molar-refractivity contribution in [3.05, 3.63) is 53.6 Å². The minimum atomic E-state index is -4.07. The second-order valence-corrected chi connectivity index (χ2v) is 6.10. The average Bonchev–Trinajstić information content (AvgIpc) is 2.46. The SMILES string of the molecule is O=C([O-])c1ccc(S(=O)(=O)Nc2ccc(C(=O)[O-])c([O-])c2)cc1. The van der Waals surface area contributed by atoms with Crippen LogP contribution in [0.4, 0.5) is 5.69 Å². The molecule has 2 aromatic rings. The van der Waals surface area contributed by atoms with Gasteiger partial charge in [-0.1, -0.05) is 23.9 Å². The van der Waals surface area contributed by atoms with E-state index in [1.54, 1.807) is 0 Å². The maximum atomic E-state index is 12.1. The zero-order chi connectivity index (χ0) is 17.2. The smallest absolute Gasteiger partial charge is 0.261 e. The molecule has 0 saturated carbocycles. The largest absolute Gasteiger partial charge is 0.872 e. The van der Waals surface area contributed by atoms with Crippen LogP contribution in [-0.2, 0) is 10.0 Å². The summed E-state index contributed by atoms with van der Waals surface area (Å²) in [4.78, 5) is 21.0. The first-order valence-electron chi connectivity index (χ1n) is 6.07. The lowest BCUT2D eigenvalue weighted by molar-refractivity contribution is -0.276. The van der Waals surface area contributed by atoms with E-state index < -0.39 is 33.3 Å².